The molecule has 0 radical (unpaired) electrons. The molecular formula is C14H13ClN2O. The van der Waals surface area contributed by atoms with Crippen molar-refractivity contribution in [3.63, 3.8) is 0 Å². The summed E-state index contributed by atoms with van der Waals surface area (Å²) in [5.41, 5.74) is 2.56. The van der Waals surface area contributed by atoms with Gasteiger partial charge in [-0.05, 0) is 36.8 Å². The molecule has 2 rings (SSSR count). The smallest absolute Gasteiger partial charge is 0.150 e. The molecule has 2 aromatic rings. The van der Waals surface area contributed by atoms with Crippen molar-refractivity contribution >= 4 is 29.4 Å². The third-order valence-electron chi connectivity index (χ3n) is 2.71. The molecule has 1 aromatic carbocycles. The quantitative estimate of drug-likeness (QED) is 0.790. The van der Waals surface area contributed by atoms with Crippen LogP contribution in [0.3, 0.4) is 0 Å². The number of benzene rings is 1. The monoisotopic (exact) mass is 260 g/mol. The number of carbonyl (C=O) groups is 1. The molecule has 0 fully saturated rings. The normalized spacial score (nSPS) is 10.2. The van der Waals surface area contributed by atoms with Crippen molar-refractivity contribution in [1.29, 1.82) is 0 Å². The number of aldehydes is 1. The number of aromatic nitrogens is 1. The van der Waals surface area contributed by atoms with Crippen LogP contribution >= 0.6 is 11.6 Å². The summed E-state index contributed by atoms with van der Waals surface area (Å²) in [5.74, 6) is 0.686. The fourth-order valence-corrected chi connectivity index (χ4v) is 2.06. The van der Waals surface area contributed by atoms with Crippen LogP contribution in [0, 0.1) is 6.92 Å². The molecule has 0 bridgehead atoms. The molecule has 4 heteroatoms. The average molecular weight is 261 g/mol. The lowest BCUT2D eigenvalue weighted by Gasteiger charge is -2.20. The largest absolute Gasteiger partial charge is 0.328 e. The molecule has 3 nitrogen and oxygen atoms in total. The predicted molar refractivity (Wildman–Crippen MR) is 73.9 cm³/mol. The summed E-state index contributed by atoms with van der Waals surface area (Å²) in [6.45, 7) is 1.99. The van der Waals surface area contributed by atoms with Gasteiger partial charge < -0.3 is 4.90 Å². The Labute approximate surface area is 111 Å². The second-order valence-electron chi connectivity index (χ2n) is 4.08. The number of hydrogen-bond donors (Lipinski definition) is 0. The molecule has 0 atom stereocenters. The highest BCUT2D eigenvalue weighted by Crippen LogP contribution is 2.30. The maximum atomic E-state index is 10.8. The number of aryl methyl sites for hydroxylation is 1. The van der Waals surface area contributed by atoms with E-state index < -0.39 is 0 Å². The lowest BCUT2D eigenvalue weighted by atomic mass is 10.2. The van der Waals surface area contributed by atoms with Gasteiger partial charge in [0.25, 0.3) is 0 Å². The van der Waals surface area contributed by atoms with E-state index in [0.717, 1.165) is 17.5 Å². The average Bonchev–Trinajstić information content (AvgIpc) is 2.38. The van der Waals surface area contributed by atoms with Crippen LogP contribution in [0.1, 0.15) is 15.9 Å². The summed E-state index contributed by atoms with van der Waals surface area (Å²) in [7, 11) is 1.87. The minimum Gasteiger partial charge on any atom is -0.328 e. The molecular weight excluding hydrogens is 248 g/mol. The fraction of sp³-hybridized carbons (Fsp3) is 0.143. The third kappa shape index (κ3) is 2.51. The first-order valence-electron chi connectivity index (χ1n) is 5.53. The zero-order valence-electron chi connectivity index (χ0n) is 10.2. The van der Waals surface area contributed by atoms with Crippen LogP contribution in [0.15, 0.2) is 36.5 Å². The Morgan fingerprint density at radius 1 is 1.28 bits per heavy atom. The summed E-state index contributed by atoms with van der Waals surface area (Å²) < 4.78 is 0. The fourth-order valence-electron chi connectivity index (χ4n) is 1.70. The van der Waals surface area contributed by atoms with Crippen molar-refractivity contribution in [3.05, 3.63) is 52.7 Å². The Morgan fingerprint density at radius 3 is 2.72 bits per heavy atom. The molecule has 0 spiro atoms. The lowest BCUT2D eigenvalue weighted by Crippen LogP contribution is -2.12. The number of carbonyl (C=O) groups excluding carboxylic acids is 1. The first kappa shape index (κ1) is 12.6. The number of hydrogen-bond acceptors (Lipinski definition) is 3. The van der Waals surface area contributed by atoms with Crippen molar-refractivity contribution in [1.82, 2.24) is 4.98 Å². The zero-order valence-corrected chi connectivity index (χ0v) is 11.0. The zero-order chi connectivity index (χ0) is 13.1. The van der Waals surface area contributed by atoms with Gasteiger partial charge in [-0.15, -0.1) is 0 Å². The van der Waals surface area contributed by atoms with Gasteiger partial charge in [0, 0.05) is 18.8 Å². The summed E-state index contributed by atoms with van der Waals surface area (Å²) in [4.78, 5) is 16.8. The molecule has 0 saturated carbocycles. The van der Waals surface area contributed by atoms with Crippen LogP contribution in [0.5, 0.6) is 0 Å². The van der Waals surface area contributed by atoms with E-state index in [-0.39, 0.29) is 0 Å². The highest BCUT2D eigenvalue weighted by Gasteiger charge is 2.09. The van der Waals surface area contributed by atoms with Crippen molar-refractivity contribution in [2.45, 2.75) is 6.92 Å². The maximum absolute atomic E-state index is 10.8. The standard InChI is InChI=1S/C14H13ClN2O/c1-10-3-4-13(12(15)7-10)17(2)14-8-11(9-18)5-6-16-14/h3-9H,1-2H3. The first-order chi connectivity index (χ1) is 8.61. The molecule has 0 amide bonds. The second-order valence-corrected chi connectivity index (χ2v) is 4.49. The minimum absolute atomic E-state index is 0.593. The molecule has 0 N–H and O–H groups in total. The van der Waals surface area contributed by atoms with Gasteiger partial charge in [0.05, 0.1) is 10.7 Å². The van der Waals surface area contributed by atoms with Crippen molar-refractivity contribution in [2.24, 2.45) is 0 Å². The van der Waals surface area contributed by atoms with Crippen LogP contribution in [-0.4, -0.2) is 18.3 Å². The Balaban J connectivity index is 2.40. The third-order valence-corrected chi connectivity index (χ3v) is 3.02. The van der Waals surface area contributed by atoms with Crippen molar-refractivity contribution in [3.8, 4) is 0 Å². The number of anilines is 2. The van der Waals surface area contributed by atoms with E-state index in [1.54, 1.807) is 18.3 Å². The van der Waals surface area contributed by atoms with Crippen LogP contribution in [0.25, 0.3) is 0 Å². The number of halogens is 1. The number of rotatable bonds is 3. The molecule has 0 saturated heterocycles. The highest BCUT2D eigenvalue weighted by molar-refractivity contribution is 6.33. The maximum Gasteiger partial charge on any atom is 0.150 e. The van der Waals surface area contributed by atoms with E-state index >= 15 is 0 Å². The first-order valence-corrected chi connectivity index (χ1v) is 5.90. The van der Waals surface area contributed by atoms with Gasteiger partial charge in [0.2, 0.25) is 0 Å². The SMILES string of the molecule is Cc1ccc(N(C)c2cc(C=O)ccn2)c(Cl)c1. The van der Waals surface area contributed by atoms with Crippen LogP contribution < -0.4 is 4.90 Å². The molecule has 0 aliphatic carbocycles. The molecule has 1 aromatic heterocycles. The van der Waals surface area contributed by atoms with E-state index in [1.807, 2.05) is 37.1 Å². The Bertz CT molecular complexity index is 584. The minimum atomic E-state index is 0.593. The van der Waals surface area contributed by atoms with E-state index in [9.17, 15) is 4.79 Å². The van der Waals surface area contributed by atoms with Gasteiger partial charge in [0.15, 0.2) is 0 Å². The van der Waals surface area contributed by atoms with Crippen LogP contribution in [0.2, 0.25) is 5.02 Å². The van der Waals surface area contributed by atoms with E-state index in [1.165, 1.54) is 0 Å². The van der Waals surface area contributed by atoms with Gasteiger partial charge >= 0.3 is 0 Å². The van der Waals surface area contributed by atoms with Crippen LogP contribution in [-0.2, 0) is 0 Å². The van der Waals surface area contributed by atoms with E-state index in [2.05, 4.69) is 4.98 Å². The molecule has 0 aliphatic heterocycles. The molecule has 1 heterocycles. The second kappa shape index (κ2) is 5.19. The van der Waals surface area contributed by atoms with Gasteiger partial charge in [-0.2, -0.15) is 0 Å². The molecule has 0 aliphatic rings. The lowest BCUT2D eigenvalue weighted by molar-refractivity contribution is 0.112. The summed E-state index contributed by atoms with van der Waals surface area (Å²) >= 11 is 6.21. The van der Waals surface area contributed by atoms with E-state index in [0.29, 0.717) is 16.4 Å². The predicted octanol–water partition coefficient (Wildman–Crippen LogP) is 3.62. The Morgan fingerprint density at radius 2 is 2.06 bits per heavy atom. The van der Waals surface area contributed by atoms with E-state index in [4.69, 9.17) is 11.6 Å². The molecule has 0 unspecified atom stereocenters. The van der Waals surface area contributed by atoms with Gasteiger partial charge in [-0.25, -0.2) is 4.98 Å². The summed E-state index contributed by atoms with van der Waals surface area (Å²) in [5, 5.41) is 0.663. The van der Waals surface area contributed by atoms with Crippen molar-refractivity contribution < 1.29 is 4.79 Å². The topological polar surface area (TPSA) is 33.2 Å². The summed E-state index contributed by atoms with van der Waals surface area (Å²) in [6, 6.07) is 9.22. The van der Waals surface area contributed by atoms with Crippen LogP contribution in [0.4, 0.5) is 11.5 Å². The van der Waals surface area contributed by atoms with Gasteiger partial charge in [0.1, 0.15) is 12.1 Å². The number of pyridine rings is 1. The van der Waals surface area contributed by atoms with Gasteiger partial charge in [-0.1, -0.05) is 17.7 Å². The Hall–Kier alpha value is -1.87. The highest BCUT2D eigenvalue weighted by atomic mass is 35.5. The van der Waals surface area contributed by atoms with Crippen molar-refractivity contribution in [2.75, 3.05) is 11.9 Å². The number of nitrogens with zero attached hydrogens (tertiary/aromatic N) is 2. The Kier molecular flexibility index (Phi) is 3.63. The summed E-state index contributed by atoms with van der Waals surface area (Å²) in [6.07, 6.45) is 2.41. The van der Waals surface area contributed by atoms with Gasteiger partial charge in [-0.3, -0.25) is 4.79 Å². The molecule has 92 valence electrons. The molecule has 18 heavy (non-hydrogen) atoms.